The zero-order valence-electron chi connectivity index (χ0n) is 15.1. The molecule has 0 rings (SSSR count). The third-order valence-electron chi connectivity index (χ3n) is 1.73. The highest BCUT2D eigenvalue weighted by Gasteiger charge is 2.23. The SMILES string of the molecule is [2H]C([2H])(CC=C)C(O)(C([2H])([2H])CC=C)C([2H])([2H])CCC=C. The summed E-state index contributed by atoms with van der Waals surface area (Å²) in [6, 6.07) is 0. The highest BCUT2D eigenvalue weighted by molar-refractivity contribution is 4.85. The van der Waals surface area contributed by atoms with Crippen molar-refractivity contribution in [3.63, 3.8) is 0 Å². The lowest BCUT2D eigenvalue weighted by molar-refractivity contribution is 0.0145. The molecular weight excluding hydrogens is 184 g/mol. The summed E-state index contributed by atoms with van der Waals surface area (Å²) in [6.45, 7) is 10.3. The van der Waals surface area contributed by atoms with Crippen molar-refractivity contribution in [1.82, 2.24) is 0 Å². The third-order valence-corrected chi connectivity index (χ3v) is 1.73. The van der Waals surface area contributed by atoms with Gasteiger partial charge in [-0.25, -0.2) is 0 Å². The van der Waals surface area contributed by atoms with Gasteiger partial charge in [-0.1, -0.05) is 18.2 Å². The monoisotopic (exact) mass is 214 g/mol. The van der Waals surface area contributed by atoms with Gasteiger partial charge in [0.25, 0.3) is 0 Å². The maximum atomic E-state index is 10.8. The van der Waals surface area contributed by atoms with Crippen molar-refractivity contribution in [2.75, 3.05) is 0 Å². The Hall–Kier alpha value is -0.820. The Balaban J connectivity index is 6.04. The van der Waals surface area contributed by atoms with Gasteiger partial charge in [0.05, 0.1) is 5.60 Å². The highest BCUT2D eigenvalue weighted by atomic mass is 16.3. The van der Waals surface area contributed by atoms with Gasteiger partial charge in [-0.15, -0.1) is 19.7 Å². The molecule has 0 aromatic carbocycles. The second-order valence-corrected chi connectivity index (χ2v) is 3.05. The number of allylic oxidation sites excluding steroid dienone is 3. The maximum Gasteiger partial charge on any atom is 0.0653 e. The first-order chi connectivity index (χ1) is 9.43. The normalized spacial score (nSPS) is 19.8. The van der Waals surface area contributed by atoms with E-state index in [9.17, 15) is 5.11 Å². The second kappa shape index (κ2) is 8.49. The number of hydrogen-bond donors (Lipinski definition) is 1. The first-order valence-electron chi connectivity index (χ1n) is 7.98. The van der Waals surface area contributed by atoms with Crippen molar-refractivity contribution >= 4 is 0 Å². The molecular formula is C14H24O. The Morgan fingerprint density at radius 2 is 1.40 bits per heavy atom. The first kappa shape index (κ1) is 6.70. The van der Waals surface area contributed by atoms with Crippen molar-refractivity contribution < 1.29 is 13.3 Å². The molecule has 0 bridgehead atoms. The van der Waals surface area contributed by atoms with E-state index in [0.29, 0.717) is 0 Å². The molecule has 0 heterocycles. The van der Waals surface area contributed by atoms with Gasteiger partial charge < -0.3 is 5.11 Å². The molecule has 0 unspecified atom stereocenters. The van der Waals surface area contributed by atoms with E-state index in [-0.39, 0.29) is 25.7 Å². The lowest BCUT2D eigenvalue weighted by atomic mass is 9.87. The molecule has 0 aliphatic carbocycles. The number of rotatable bonds is 10. The average molecular weight is 214 g/mol. The van der Waals surface area contributed by atoms with Gasteiger partial charge in [0, 0.05) is 8.22 Å². The summed E-state index contributed by atoms with van der Waals surface area (Å²) in [6.07, 6.45) is -4.44. The fourth-order valence-electron chi connectivity index (χ4n) is 0.982. The van der Waals surface area contributed by atoms with Crippen molar-refractivity contribution in [2.45, 2.75) is 50.4 Å². The summed E-state index contributed by atoms with van der Waals surface area (Å²) in [5.74, 6) is 0. The standard InChI is InChI=1S/C14H24O/c1-4-7-10-13-14(15,11-8-5-2)12-9-6-3/h4-6,15H,1-3,7-13H2/i11D2,12D2,13D2. The Morgan fingerprint density at radius 1 is 0.933 bits per heavy atom. The predicted molar refractivity (Wildman–Crippen MR) is 67.9 cm³/mol. The van der Waals surface area contributed by atoms with E-state index >= 15 is 0 Å². The van der Waals surface area contributed by atoms with Crippen molar-refractivity contribution in [2.24, 2.45) is 0 Å². The average Bonchev–Trinajstić information content (AvgIpc) is 2.34. The molecule has 1 nitrogen and oxygen atoms in total. The maximum absolute atomic E-state index is 10.8. The smallest absolute Gasteiger partial charge is 0.0653 e. The Kier molecular flexibility index (Phi) is 3.79. The predicted octanol–water partition coefficient (Wildman–Crippen LogP) is 4.01. The van der Waals surface area contributed by atoms with Crippen LogP contribution in [0.4, 0.5) is 0 Å². The fourth-order valence-corrected chi connectivity index (χ4v) is 0.982. The molecule has 1 N–H and O–H groups in total. The van der Waals surface area contributed by atoms with Crippen LogP contribution in [-0.2, 0) is 0 Å². The molecule has 0 saturated heterocycles. The van der Waals surface area contributed by atoms with Gasteiger partial charge >= 0.3 is 0 Å². The van der Waals surface area contributed by atoms with Gasteiger partial charge in [-0.05, 0) is 44.8 Å². The summed E-state index contributed by atoms with van der Waals surface area (Å²) in [7, 11) is 0. The molecule has 0 spiro atoms. The van der Waals surface area contributed by atoms with E-state index in [1.807, 2.05) is 0 Å². The second-order valence-electron chi connectivity index (χ2n) is 3.05. The van der Waals surface area contributed by atoms with E-state index in [0.717, 1.165) is 0 Å². The van der Waals surface area contributed by atoms with Crippen molar-refractivity contribution in [3.05, 3.63) is 38.0 Å². The van der Waals surface area contributed by atoms with Gasteiger partial charge in [0.1, 0.15) is 0 Å². The molecule has 0 atom stereocenters. The van der Waals surface area contributed by atoms with Crippen LogP contribution in [0.25, 0.3) is 0 Å². The zero-order valence-corrected chi connectivity index (χ0v) is 9.13. The molecule has 0 amide bonds. The van der Waals surface area contributed by atoms with Crippen LogP contribution in [0.5, 0.6) is 0 Å². The van der Waals surface area contributed by atoms with Crippen molar-refractivity contribution in [3.8, 4) is 0 Å². The van der Waals surface area contributed by atoms with Crippen LogP contribution in [0.3, 0.4) is 0 Å². The molecule has 0 aliphatic rings. The Bertz CT molecular complexity index is 367. The van der Waals surface area contributed by atoms with Crippen molar-refractivity contribution in [1.29, 1.82) is 0 Å². The van der Waals surface area contributed by atoms with E-state index in [1.54, 1.807) is 0 Å². The lowest BCUT2D eigenvalue weighted by Gasteiger charge is -2.27. The van der Waals surface area contributed by atoms with Crippen LogP contribution in [0.1, 0.15) is 53.0 Å². The quantitative estimate of drug-likeness (QED) is 0.545. The molecule has 15 heavy (non-hydrogen) atoms. The molecule has 0 aliphatic heterocycles. The highest BCUT2D eigenvalue weighted by Crippen LogP contribution is 2.26. The number of aliphatic hydroxyl groups is 1. The van der Waals surface area contributed by atoms with Crippen LogP contribution in [0.2, 0.25) is 0 Å². The van der Waals surface area contributed by atoms with E-state index in [2.05, 4.69) is 19.7 Å². The summed E-state index contributed by atoms with van der Waals surface area (Å²) >= 11 is 0. The van der Waals surface area contributed by atoms with Crippen LogP contribution in [0.15, 0.2) is 38.0 Å². The first-order valence-corrected chi connectivity index (χ1v) is 4.98. The topological polar surface area (TPSA) is 20.2 Å². The minimum atomic E-state index is -2.85. The third kappa shape index (κ3) is 7.15. The molecule has 0 saturated carbocycles. The molecule has 86 valence electrons. The van der Waals surface area contributed by atoms with Gasteiger partial charge in [-0.2, -0.15) is 0 Å². The molecule has 0 aromatic heterocycles. The summed E-state index contributed by atoms with van der Waals surface area (Å²) in [5.41, 5.74) is -2.85. The molecule has 0 fully saturated rings. The van der Waals surface area contributed by atoms with Crippen LogP contribution >= 0.6 is 0 Å². The van der Waals surface area contributed by atoms with Gasteiger partial charge in [0.2, 0.25) is 0 Å². The van der Waals surface area contributed by atoms with Gasteiger partial charge in [-0.3, -0.25) is 0 Å². The minimum absolute atomic E-state index is 0.198. The Labute approximate surface area is 103 Å². The summed E-state index contributed by atoms with van der Waals surface area (Å²) in [5, 5.41) is 10.8. The van der Waals surface area contributed by atoms with E-state index in [4.69, 9.17) is 8.22 Å². The lowest BCUT2D eigenvalue weighted by Crippen LogP contribution is -2.28. The van der Waals surface area contributed by atoms with Gasteiger partial charge in [0.15, 0.2) is 0 Å². The molecule has 1 heteroatoms. The zero-order chi connectivity index (χ0) is 16.9. The molecule has 0 radical (unpaired) electrons. The summed E-state index contributed by atoms with van der Waals surface area (Å²) < 4.78 is 48.2. The van der Waals surface area contributed by atoms with Crippen LogP contribution < -0.4 is 0 Å². The minimum Gasteiger partial charge on any atom is -0.390 e. The van der Waals surface area contributed by atoms with Crippen LogP contribution in [0, 0.1) is 0 Å². The van der Waals surface area contributed by atoms with E-state index in [1.165, 1.54) is 18.2 Å². The fraction of sp³-hybridized carbons (Fsp3) is 0.571. The largest absolute Gasteiger partial charge is 0.390 e. The Morgan fingerprint density at radius 3 is 1.80 bits per heavy atom. The number of hydrogen-bond acceptors (Lipinski definition) is 1. The van der Waals surface area contributed by atoms with E-state index < -0.39 is 24.7 Å². The molecule has 0 aromatic rings. The summed E-state index contributed by atoms with van der Waals surface area (Å²) in [4.78, 5) is 0. The van der Waals surface area contributed by atoms with Crippen LogP contribution in [-0.4, -0.2) is 10.7 Å².